The molecule has 0 bridgehead atoms. The fourth-order valence-corrected chi connectivity index (χ4v) is 1.53. The predicted octanol–water partition coefficient (Wildman–Crippen LogP) is -7.16. The molecule has 0 N–H and O–H groups in total. The van der Waals surface area contributed by atoms with Gasteiger partial charge in [-0.1, -0.05) is 37.3 Å². The quantitative estimate of drug-likeness (QED) is 0.394. The summed E-state index contributed by atoms with van der Waals surface area (Å²) < 4.78 is 0. The van der Waals surface area contributed by atoms with Crippen molar-refractivity contribution in [2.75, 3.05) is 0 Å². The topological polar surface area (TPSA) is 80.3 Å². The summed E-state index contributed by atoms with van der Waals surface area (Å²) in [7, 11) is 0. The van der Waals surface area contributed by atoms with Gasteiger partial charge < -0.3 is 19.8 Å². The van der Waals surface area contributed by atoms with E-state index in [1.165, 1.54) is 19.1 Å². The number of carboxylic acids is 2. The van der Waals surface area contributed by atoms with Gasteiger partial charge in [0.15, 0.2) is 0 Å². The van der Waals surface area contributed by atoms with Gasteiger partial charge in [0.25, 0.3) is 0 Å². The number of carbonyl (C=O) groups excluding carboxylic acids is 2. The van der Waals surface area contributed by atoms with Gasteiger partial charge in [-0.05, 0) is 12.0 Å². The smallest absolute Gasteiger partial charge is 0.549 e. The van der Waals surface area contributed by atoms with Gasteiger partial charge in [0.2, 0.25) is 0 Å². The Labute approximate surface area is 144 Å². The largest absolute Gasteiger partial charge is 1.00 e. The van der Waals surface area contributed by atoms with Crippen LogP contribution in [-0.4, -0.2) is 11.9 Å². The molecule has 0 aliphatic heterocycles. The molecule has 0 aliphatic rings. The molecule has 1 aromatic rings. The van der Waals surface area contributed by atoms with Crippen molar-refractivity contribution in [3.63, 3.8) is 0 Å². The van der Waals surface area contributed by atoms with E-state index in [1.807, 2.05) is 0 Å². The number of hydrogen-bond donors (Lipinski definition) is 0. The van der Waals surface area contributed by atoms with Crippen molar-refractivity contribution >= 4 is 11.9 Å². The van der Waals surface area contributed by atoms with E-state index in [-0.39, 0.29) is 71.1 Å². The first-order chi connectivity index (χ1) is 7.05. The van der Waals surface area contributed by atoms with Gasteiger partial charge >= 0.3 is 59.1 Å². The molecule has 4 nitrogen and oxygen atoms in total. The maximum atomic E-state index is 11.0. The number of rotatable bonds is 4. The molecule has 0 saturated heterocycles. The van der Waals surface area contributed by atoms with Gasteiger partial charge in [-0.3, -0.25) is 0 Å². The van der Waals surface area contributed by atoms with Crippen LogP contribution in [0.15, 0.2) is 30.3 Å². The normalized spacial score (nSPS) is 9.71. The van der Waals surface area contributed by atoms with Crippen LogP contribution < -0.4 is 69.3 Å². The van der Waals surface area contributed by atoms with Crippen molar-refractivity contribution in [2.45, 2.75) is 18.8 Å². The molecule has 0 amide bonds. The summed E-state index contributed by atoms with van der Waals surface area (Å²) in [5.74, 6) is -3.28. The van der Waals surface area contributed by atoms with Gasteiger partial charge in [0.05, 0.1) is 17.4 Å². The Bertz CT molecular complexity index is 364. The standard InChI is InChI=1S/C11H12O4.2Na/c1-2-11(9(12)13,10(14)15)8-6-4-3-5-7-8;;/h3-7H,2H2,1H3,(H,12,13)(H,14,15);;/q;2*+1/p-2. The van der Waals surface area contributed by atoms with E-state index in [2.05, 4.69) is 0 Å². The minimum absolute atomic E-state index is 0. The Morgan fingerprint density at radius 3 is 1.76 bits per heavy atom. The molecule has 0 aliphatic carbocycles. The van der Waals surface area contributed by atoms with Gasteiger partial charge in [-0.15, -0.1) is 0 Å². The van der Waals surface area contributed by atoms with Crippen molar-refractivity contribution in [3.05, 3.63) is 35.9 Å². The van der Waals surface area contributed by atoms with Crippen LogP contribution in [0.3, 0.4) is 0 Å². The molecule has 1 aromatic carbocycles. The average molecular weight is 252 g/mol. The summed E-state index contributed by atoms with van der Waals surface area (Å²) in [6.45, 7) is 1.47. The molecule has 17 heavy (non-hydrogen) atoms. The van der Waals surface area contributed by atoms with E-state index in [1.54, 1.807) is 18.2 Å². The zero-order valence-corrected chi connectivity index (χ0v) is 14.2. The summed E-state index contributed by atoms with van der Waals surface area (Å²) in [6, 6.07) is 7.70. The van der Waals surface area contributed by atoms with Gasteiger partial charge in [0.1, 0.15) is 0 Å². The third-order valence-electron chi connectivity index (χ3n) is 2.49. The zero-order chi connectivity index (χ0) is 11.5. The number of carbonyl (C=O) groups is 2. The van der Waals surface area contributed by atoms with Crippen molar-refractivity contribution in [1.29, 1.82) is 0 Å². The molecule has 0 heterocycles. The third kappa shape index (κ3) is 3.81. The first kappa shape index (κ1) is 19.5. The van der Waals surface area contributed by atoms with Gasteiger partial charge in [0, 0.05) is 0 Å². The maximum Gasteiger partial charge on any atom is 1.00 e. The summed E-state index contributed by atoms with van der Waals surface area (Å²) in [5, 5.41) is 21.9. The molecule has 0 spiro atoms. The number of carboxylic acid groups (broad SMARTS) is 2. The Morgan fingerprint density at radius 2 is 1.47 bits per heavy atom. The van der Waals surface area contributed by atoms with Crippen LogP contribution in [-0.2, 0) is 15.0 Å². The van der Waals surface area contributed by atoms with Crippen LogP contribution in [0.25, 0.3) is 0 Å². The summed E-state index contributed by atoms with van der Waals surface area (Å²) in [4.78, 5) is 21.9. The second-order valence-corrected chi connectivity index (χ2v) is 3.20. The molecular formula is C11H10Na2O4. The molecule has 0 atom stereocenters. The van der Waals surface area contributed by atoms with Crippen molar-refractivity contribution in [1.82, 2.24) is 0 Å². The monoisotopic (exact) mass is 252 g/mol. The van der Waals surface area contributed by atoms with Crippen molar-refractivity contribution < 1.29 is 78.9 Å². The average Bonchev–Trinajstić information content (AvgIpc) is 2.20. The minimum atomic E-state index is -2.05. The van der Waals surface area contributed by atoms with E-state index in [0.29, 0.717) is 0 Å². The molecule has 6 heteroatoms. The summed E-state index contributed by atoms with van der Waals surface area (Å²) >= 11 is 0. The first-order valence-corrected chi connectivity index (χ1v) is 4.54. The van der Waals surface area contributed by atoms with Crippen LogP contribution >= 0.6 is 0 Å². The zero-order valence-electron chi connectivity index (χ0n) is 10.2. The predicted molar refractivity (Wildman–Crippen MR) is 48.4 cm³/mol. The Balaban J connectivity index is 0. The number of benzene rings is 1. The summed E-state index contributed by atoms with van der Waals surface area (Å²) in [5.41, 5.74) is -1.88. The van der Waals surface area contributed by atoms with E-state index in [9.17, 15) is 19.8 Å². The Kier molecular flexibility index (Phi) is 9.51. The van der Waals surface area contributed by atoms with Gasteiger partial charge in [-0.25, -0.2) is 0 Å². The van der Waals surface area contributed by atoms with E-state index in [4.69, 9.17) is 0 Å². The Hall–Kier alpha value is 0.160. The minimum Gasteiger partial charge on any atom is -0.549 e. The Morgan fingerprint density at radius 1 is 1.06 bits per heavy atom. The van der Waals surface area contributed by atoms with E-state index < -0.39 is 17.4 Å². The molecule has 0 saturated carbocycles. The third-order valence-corrected chi connectivity index (χ3v) is 2.49. The van der Waals surface area contributed by atoms with Crippen LogP contribution in [0, 0.1) is 0 Å². The molecule has 1 rings (SSSR count). The second kappa shape index (κ2) is 8.29. The molecule has 0 unspecified atom stereocenters. The van der Waals surface area contributed by atoms with Gasteiger partial charge in [-0.2, -0.15) is 0 Å². The number of hydrogen-bond acceptors (Lipinski definition) is 4. The van der Waals surface area contributed by atoms with E-state index in [0.717, 1.165) is 0 Å². The maximum absolute atomic E-state index is 11.0. The van der Waals surface area contributed by atoms with Crippen LogP contribution in [0.1, 0.15) is 18.9 Å². The van der Waals surface area contributed by atoms with Crippen molar-refractivity contribution in [3.8, 4) is 0 Å². The van der Waals surface area contributed by atoms with Crippen molar-refractivity contribution in [2.24, 2.45) is 0 Å². The molecular weight excluding hydrogens is 242 g/mol. The molecule has 0 fully saturated rings. The van der Waals surface area contributed by atoms with Crippen LogP contribution in [0.2, 0.25) is 0 Å². The summed E-state index contributed by atoms with van der Waals surface area (Å²) in [6.07, 6.45) is -0.109. The SMILES string of the molecule is CCC(C(=O)[O-])(C(=O)[O-])c1ccccc1.[Na+].[Na+]. The fourth-order valence-electron chi connectivity index (χ4n) is 1.53. The van der Waals surface area contributed by atoms with Crippen LogP contribution in [0.5, 0.6) is 0 Å². The first-order valence-electron chi connectivity index (χ1n) is 4.54. The van der Waals surface area contributed by atoms with Crippen LogP contribution in [0.4, 0.5) is 0 Å². The van der Waals surface area contributed by atoms with E-state index >= 15 is 0 Å². The number of aliphatic carboxylic acids is 2. The second-order valence-electron chi connectivity index (χ2n) is 3.20. The molecule has 80 valence electrons. The molecule has 0 radical (unpaired) electrons. The fraction of sp³-hybridized carbons (Fsp3) is 0.273. The molecule has 0 aromatic heterocycles.